The van der Waals surface area contributed by atoms with E-state index in [0.29, 0.717) is 43.8 Å². The molecule has 26 heavy (non-hydrogen) atoms. The first-order chi connectivity index (χ1) is 12.1. The topological polar surface area (TPSA) is 67.6 Å². The van der Waals surface area contributed by atoms with Gasteiger partial charge in [0.25, 0.3) is 0 Å². The molecule has 6 nitrogen and oxygen atoms in total. The summed E-state index contributed by atoms with van der Waals surface area (Å²) in [4.78, 5) is 14.7. The molecule has 0 saturated carbocycles. The van der Waals surface area contributed by atoms with Crippen LogP contribution in [0.5, 0.6) is 5.75 Å². The Kier molecular flexibility index (Phi) is 4.67. The quantitative estimate of drug-likeness (QED) is 0.839. The van der Waals surface area contributed by atoms with Gasteiger partial charge in [0.2, 0.25) is 5.91 Å². The molecule has 1 aromatic heterocycles. The maximum absolute atomic E-state index is 12.8. The first-order valence-corrected chi connectivity index (χ1v) is 9.47. The Balaban J connectivity index is 1.73. The minimum atomic E-state index is -0.618. The molecule has 1 atom stereocenters. The normalized spacial score (nSPS) is 22.3. The van der Waals surface area contributed by atoms with E-state index in [-0.39, 0.29) is 11.9 Å². The molecule has 0 aromatic carbocycles. The highest BCUT2D eigenvalue weighted by Crippen LogP contribution is 2.44. The van der Waals surface area contributed by atoms with Crippen molar-refractivity contribution in [1.29, 1.82) is 0 Å². The number of likely N-dealkylation sites (tertiary alicyclic amines) is 1. The molecule has 1 aromatic rings. The summed E-state index contributed by atoms with van der Waals surface area (Å²) >= 11 is 0. The molecule has 3 heterocycles. The Labute approximate surface area is 155 Å². The van der Waals surface area contributed by atoms with Gasteiger partial charge in [-0.15, -0.1) is 0 Å². The highest BCUT2D eigenvalue weighted by Gasteiger charge is 2.46. The smallest absolute Gasteiger partial charge is 0.232 e. The second-order valence-corrected chi connectivity index (χ2v) is 8.65. The van der Waals surface area contributed by atoms with Crippen molar-refractivity contribution in [2.75, 3.05) is 13.1 Å². The summed E-state index contributed by atoms with van der Waals surface area (Å²) in [5.74, 6) is 0.795. The fourth-order valence-electron chi connectivity index (χ4n) is 3.69. The number of aromatic nitrogens is 2. The number of aliphatic hydroxyl groups is 1. The molecule has 0 bridgehead atoms. The Hall–Kier alpha value is -1.82. The highest BCUT2D eigenvalue weighted by molar-refractivity contribution is 5.85. The van der Waals surface area contributed by atoms with E-state index in [1.807, 2.05) is 50.4 Å². The number of piperidine rings is 1. The van der Waals surface area contributed by atoms with Crippen LogP contribution in [0.1, 0.15) is 71.7 Å². The van der Waals surface area contributed by atoms with Crippen LogP contribution in [0.15, 0.2) is 18.3 Å². The summed E-state index contributed by atoms with van der Waals surface area (Å²) in [6.07, 6.45) is 3.23. The Morgan fingerprint density at radius 2 is 2.04 bits per heavy atom. The summed E-state index contributed by atoms with van der Waals surface area (Å²) in [6, 6.07) is 0.219. The van der Waals surface area contributed by atoms with E-state index in [9.17, 15) is 9.90 Å². The lowest BCUT2D eigenvalue weighted by Crippen LogP contribution is -2.54. The molecule has 3 rings (SSSR count). The van der Waals surface area contributed by atoms with Crippen molar-refractivity contribution in [3.63, 3.8) is 0 Å². The fourth-order valence-corrected chi connectivity index (χ4v) is 3.69. The summed E-state index contributed by atoms with van der Waals surface area (Å²) in [6.45, 7) is 15.1. The zero-order valence-corrected chi connectivity index (χ0v) is 16.6. The van der Waals surface area contributed by atoms with Gasteiger partial charge in [-0.2, -0.15) is 5.10 Å². The standard InChI is InChI=1S/C20H31N3O3/c1-13(2)19(5,6)18(25)22-9-7-20(8-10-22)11-15(24)17-16(26-20)12-23(21-17)14(3)4/h12,14-15,24H,1,7-11H2,2-6H3. The van der Waals surface area contributed by atoms with Crippen molar-refractivity contribution in [2.24, 2.45) is 5.41 Å². The summed E-state index contributed by atoms with van der Waals surface area (Å²) in [5, 5.41) is 15.1. The molecule has 1 fully saturated rings. The minimum Gasteiger partial charge on any atom is -0.483 e. The number of hydrogen-bond acceptors (Lipinski definition) is 4. The highest BCUT2D eigenvalue weighted by atomic mass is 16.5. The van der Waals surface area contributed by atoms with Crippen molar-refractivity contribution >= 4 is 5.91 Å². The molecule has 6 heteroatoms. The van der Waals surface area contributed by atoms with Gasteiger partial charge in [-0.3, -0.25) is 9.48 Å². The Morgan fingerprint density at radius 3 is 2.58 bits per heavy atom. The maximum Gasteiger partial charge on any atom is 0.232 e. The van der Waals surface area contributed by atoms with Crippen molar-refractivity contribution < 1.29 is 14.6 Å². The van der Waals surface area contributed by atoms with Crippen molar-refractivity contribution in [2.45, 2.75) is 71.6 Å². The number of nitrogens with zero attached hydrogens (tertiary/aromatic N) is 3. The van der Waals surface area contributed by atoms with Gasteiger partial charge in [0, 0.05) is 38.4 Å². The van der Waals surface area contributed by atoms with Crippen molar-refractivity contribution in [3.05, 3.63) is 24.0 Å². The van der Waals surface area contributed by atoms with Gasteiger partial charge in [-0.1, -0.05) is 12.2 Å². The molecule has 2 aliphatic heterocycles. The average molecular weight is 361 g/mol. The first-order valence-electron chi connectivity index (χ1n) is 9.47. The van der Waals surface area contributed by atoms with Crippen LogP contribution in [-0.2, 0) is 4.79 Å². The van der Waals surface area contributed by atoms with Gasteiger partial charge in [0.05, 0.1) is 11.6 Å². The Morgan fingerprint density at radius 1 is 1.42 bits per heavy atom. The first kappa shape index (κ1) is 19.0. The molecule has 144 valence electrons. The van der Waals surface area contributed by atoms with E-state index >= 15 is 0 Å². The lowest BCUT2D eigenvalue weighted by Gasteiger charge is -2.46. The van der Waals surface area contributed by atoms with E-state index in [0.717, 1.165) is 5.57 Å². The second kappa shape index (κ2) is 6.41. The number of rotatable bonds is 3. The third-order valence-corrected chi connectivity index (χ3v) is 6.03. The molecular formula is C20H31N3O3. The number of carbonyl (C=O) groups excluding carboxylic acids is 1. The summed E-state index contributed by atoms with van der Waals surface area (Å²) < 4.78 is 8.16. The van der Waals surface area contributed by atoms with Crippen LogP contribution >= 0.6 is 0 Å². The van der Waals surface area contributed by atoms with E-state index < -0.39 is 17.1 Å². The molecule has 1 N–H and O–H groups in total. The van der Waals surface area contributed by atoms with Crippen LogP contribution in [0.25, 0.3) is 0 Å². The van der Waals surface area contributed by atoms with E-state index in [2.05, 4.69) is 11.7 Å². The largest absolute Gasteiger partial charge is 0.483 e. The molecule has 1 unspecified atom stereocenters. The zero-order valence-electron chi connectivity index (χ0n) is 16.6. The SMILES string of the molecule is C=C(C)C(C)(C)C(=O)N1CCC2(CC1)CC(O)c1nn(C(C)C)cc1O2. The fraction of sp³-hybridized carbons (Fsp3) is 0.700. The van der Waals surface area contributed by atoms with Crippen LogP contribution in [0.4, 0.5) is 0 Å². The molecule has 1 spiro atoms. The van der Waals surface area contributed by atoms with Gasteiger partial charge in [-0.25, -0.2) is 0 Å². The third kappa shape index (κ3) is 3.15. The second-order valence-electron chi connectivity index (χ2n) is 8.65. The monoisotopic (exact) mass is 361 g/mol. The predicted octanol–water partition coefficient (Wildman–Crippen LogP) is 3.24. The predicted molar refractivity (Wildman–Crippen MR) is 100.0 cm³/mol. The molecular weight excluding hydrogens is 330 g/mol. The van der Waals surface area contributed by atoms with Gasteiger partial charge in [0.1, 0.15) is 17.4 Å². The van der Waals surface area contributed by atoms with Crippen molar-refractivity contribution in [1.82, 2.24) is 14.7 Å². The third-order valence-electron chi connectivity index (χ3n) is 6.03. The van der Waals surface area contributed by atoms with Crippen LogP contribution in [0.3, 0.4) is 0 Å². The van der Waals surface area contributed by atoms with Crippen LogP contribution in [0.2, 0.25) is 0 Å². The number of hydrogen-bond donors (Lipinski definition) is 1. The van der Waals surface area contributed by atoms with Crippen molar-refractivity contribution in [3.8, 4) is 5.75 Å². The summed E-state index contributed by atoms with van der Waals surface area (Å²) in [5.41, 5.74) is 0.536. The zero-order chi connectivity index (χ0) is 19.3. The maximum atomic E-state index is 12.8. The molecule has 2 aliphatic rings. The minimum absolute atomic E-state index is 0.115. The molecule has 0 radical (unpaired) electrons. The number of fused-ring (bicyclic) bond motifs is 1. The number of carbonyl (C=O) groups is 1. The lowest BCUT2D eigenvalue weighted by atomic mass is 9.80. The number of ether oxygens (including phenoxy) is 1. The molecule has 1 saturated heterocycles. The summed E-state index contributed by atoms with van der Waals surface area (Å²) in [7, 11) is 0. The van der Waals surface area contributed by atoms with E-state index in [1.54, 1.807) is 0 Å². The van der Waals surface area contributed by atoms with Gasteiger partial charge in [0.15, 0.2) is 5.75 Å². The molecule has 0 aliphatic carbocycles. The Bertz CT molecular complexity index is 712. The van der Waals surface area contributed by atoms with E-state index in [1.165, 1.54) is 0 Å². The molecule has 1 amide bonds. The lowest BCUT2D eigenvalue weighted by molar-refractivity contribution is -0.143. The average Bonchev–Trinajstić information content (AvgIpc) is 2.99. The number of amides is 1. The van der Waals surface area contributed by atoms with Crippen LogP contribution < -0.4 is 4.74 Å². The van der Waals surface area contributed by atoms with E-state index in [4.69, 9.17) is 4.74 Å². The van der Waals surface area contributed by atoms with Gasteiger partial charge < -0.3 is 14.7 Å². The van der Waals surface area contributed by atoms with Crippen LogP contribution in [0, 0.1) is 5.41 Å². The van der Waals surface area contributed by atoms with Gasteiger partial charge >= 0.3 is 0 Å². The number of aliphatic hydroxyl groups excluding tert-OH is 1. The van der Waals surface area contributed by atoms with Gasteiger partial charge in [-0.05, 0) is 34.6 Å². The van der Waals surface area contributed by atoms with Crippen LogP contribution in [-0.4, -0.2) is 44.4 Å².